The highest BCUT2D eigenvalue weighted by molar-refractivity contribution is 5.90. The summed E-state index contributed by atoms with van der Waals surface area (Å²) in [5, 5.41) is 22.3. The summed E-state index contributed by atoms with van der Waals surface area (Å²) in [5.74, 6) is -3.54. The van der Waals surface area contributed by atoms with Gasteiger partial charge in [-0.05, 0) is 36.4 Å². The van der Waals surface area contributed by atoms with Gasteiger partial charge in [-0.15, -0.1) is 0 Å². The van der Waals surface area contributed by atoms with Gasteiger partial charge in [0.2, 0.25) is 5.82 Å². The largest absolute Gasteiger partial charge is 0.507 e. The Morgan fingerprint density at radius 1 is 1.08 bits per heavy atom. The Kier molecular flexibility index (Phi) is 4.10. The SMILES string of the molecule is O=C(O)c1ccc(O)c(-c2noc(-c3cc(C(F)(F)F)ccc3F)n2)c1. The van der Waals surface area contributed by atoms with Gasteiger partial charge >= 0.3 is 12.1 Å². The van der Waals surface area contributed by atoms with E-state index in [1.54, 1.807) is 0 Å². The Labute approximate surface area is 142 Å². The molecule has 10 heteroatoms. The van der Waals surface area contributed by atoms with Crippen molar-refractivity contribution in [2.24, 2.45) is 0 Å². The van der Waals surface area contributed by atoms with Gasteiger partial charge in [0.05, 0.1) is 22.3 Å². The predicted molar refractivity (Wildman–Crippen MR) is 78.8 cm³/mol. The number of carbonyl (C=O) groups is 1. The minimum Gasteiger partial charge on any atom is -0.507 e. The van der Waals surface area contributed by atoms with Crippen LogP contribution in [-0.2, 0) is 6.18 Å². The van der Waals surface area contributed by atoms with Crippen LogP contribution in [0.1, 0.15) is 15.9 Å². The average molecular weight is 368 g/mol. The normalized spacial score (nSPS) is 11.5. The van der Waals surface area contributed by atoms with Crippen molar-refractivity contribution in [1.29, 1.82) is 0 Å². The first kappa shape index (κ1) is 17.4. The minimum absolute atomic E-state index is 0.132. The van der Waals surface area contributed by atoms with E-state index in [0.29, 0.717) is 18.2 Å². The maximum atomic E-state index is 13.9. The van der Waals surface area contributed by atoms with Gasteiger partial charge in [-0.25, -0.2) is 9.18 Å². The van der Waals surface area contributed by atoms with E-state index < -0.39 is 35.0 Å². The number of phenolic OH excluding ortho intramolecular Hbond substituents is 1. The number of aromatic carboxylic acids is 1. The molecule has 1 heterocycles. The molecule has 3 aromatic rings. The second-order valence-corrected chi connectivity index (χ2v) is 5.15. The Morgan fingerprint density at radius 2 is 1.81 bits per heavy atom. The zero-order chi connectivity index (χ0) is 19.1. The smallest absolute Gasteiger partial charge is 0.416 e. The highest BCUT2D eigenvalue weighted by Gasteiger charge is 2.32. The molecule has 0 aliphatic carbocycles. The molecule has 0 atom stereocenters. The second-order valence-electron chi connectivity index (χ2n) is 5.15. The number of rotatable bonds is 3. The molecule has 134 valence electrons. The molecule has 1 aromatic heterocycles. The number of hydrogen-bond donors (Lipinski definition) is 2. The van der Waals surface area contributed by atoms with Crippen LogP contribution in [0.5, 0.6) is 5.75 Å². The second kappa shape index (κ2) is 6.14. The van der Waals surface area contributed by atoms with Crippen molar-refractivity contribution in [2.75, 3.05) is 0 Å². The van der Waals surface area contributed by atoms with Crippen LogP contribution in [0, 0.1) is 5.82 Å². The molecule has 0 unspecified atom stereocenters. The van der Waals surface area contributed by atoms with Gasteiger partial charge in [0.1, 0.15) is 11.6 Å². The van der Waals surface area contributed by atoms with E-state index in [-0.39, 0.29) is 22.7 Å². The van der Waals surface area contributed by atoms with Crippen molar-refractivity contribution in [3.8, 4) is 28.6 Å². The van der Waals surface area contributed by atoms with Gasteiger partial charge in [-0.3, -0.25) is 0 Å². The summed E-state index contributed by atoms with van der Waals surface area (Å²) in [7, 11) is 0. The van der Waals surface area contributed by atoms with Gasteiger partial charge in [-0.1, -0.05) is 5.16 Å². The summed E-state index contributed by atoms with van der Waals surface area (Å²) in [5.41, 5.74) is -2.00. The van der Waals surface area contributed by atoms with Crippen LogP contribution in [0.3, 0.4) is 0 Å². The number of alkyl halides is 3. The molecule has 0 amide bonds. The number of nitrogens with zero attached hydrogens (tertiary/aromatic N) is 2. The van der Waals surface area contributed by atoms with Crippen LogP contribution in [0.4, 0.5) is 17.6 Å². The van der Waals surface area contributed by atoms with Crippen LogP contribution < -0.4 is 0 Å². The lowest BCUT2D eigenvalue weighted by molar-refractivity contribution is -0.137. The number of benzene rings is 2. The first-order valence-corrected chi connectivity index (χ1v) is 6.94. The van der Waals surface area contributed by atoms with Crippen LogP contribution >= 0.6 is 0 Å². The number of hydrogen-bond acceptors (Lipinski definition) is 5. The van der Waals surface area contributed by atoms with Crippen LogP contribution in [0.15, 0.2) is 40.9 Å². The molecule has 26 heavy (non-hydrogen) atoms. The fourth-order valence-electron chi connectivity index (χ4n) is 2.16. The number of carboxylic acids is 1. The quantitative estimate of drug-likeness (QED) is 0.679. The fourth-order valence-corrected chi connectivity index (χ4v) is 2.16. The Bertz CT molecular complexity index is 998. The van der Waals surface area contributed by atoms with E-state index in [1.807, 2.05) is 0 Å². The molecular formula is C16H8F4N2O4. The number of aromatic hydroxyl groups is 1. The lowest BCUT2D eigenvalue weighted by Gasteiger charge is -2.07. The summed E-state index contributed by atoms with van der Waals surface area (Å²) in [6.45, 7) is 0. The molecule has 0 fully saturated rings. The molecule has 6 nitrogen and oxygen atoms in total. The van der Waals surface area contributed by atoms with E-state index in [2.05, 4.69) is 10.1 Å². The highest BCUT2D eigenvalue weighted by atomic mass is 19.4. The van der Waals surface area contributed by atoms with Crippen molar-refractivity contribution < 1.29 is 37.1 Å². The monoisotopic (exact) mass is 368 g/mol. The summed E-state index contributed by atoms with van der Waals surface area (Å²) < 4.78 is 57.0. The molecular weight excluding hydrogens is 360 g/mol. The fraction of sp³-hybridized carbons (Fsp3) is 0.0625. The third kappa shape index (κ3) is 3.21. The average Bonchev–Trinajstić information content (AvgIpc) is 3.03. The third-order valence-corrected chi connectivity index (χ3v) is 3.43. The topological polar surface area (TPSA) is 96.5 Å². The van der Waals surface area contributed by atoms with Crippen LogP contribution in [0.2, 0.25) is 0 Å². The van der Waals surface area contributed by atoms with Crippen molar-refractivity contribution in [1.82, 2.24) is 10.1 Å². The number of phenols is 1. The minimum atomic E-state index is -4.70. The molecule has 2 aromatic carbocycles. The zero-order valence-electron chi connectivity index (χ0n) is 12.6. The van der Waals surface area contributed by atoms with Crippen molar-refractivity contribution in [3.05, 3.63) is 53.3 Å². The van der Waals surface area contributed by atoms with Gasteiger partial charge < -0.3 is 14.7 Å². The molecule has 0 saturated heterocycles. The lowest BCUT2D eigenvalue weighted by atomic mass is 10.1. The Balaban J connectivity index is 2.07. The van der Waals surface area contributed by atoms with E-state index in [4.69, 9.17) is 9.63 Å². The highest BCUT2D eigenvalue weighted by Crippen LogP contribution is 2.34. The van der Waals surface area contributed by atoms with Gasteiger partial charge in [-0.2, -0.15) is 18.2 Å². The summed E-state index contributed by atoms with van der Waals surface area (Å²) >= 11 is 0. The van der Waals surface area contributed by atoms with Crippen LogP contribution in [-0.4, -0.2) is 26.3 Å². The molecule has 0 spiro atoms. The maximum absolute atomic E-state index is 13.9. The maximum Gasteiger partial charge on any atom is 0.416 e. The lowest BCUT2D eigenvalue weighted by Crippen LogP contribution is -2.05. The Morgan fingerprint density at radius 3 is 2.46 bits per heavy atom. The molecule has 0 saturated carbocycles. The number of carboxylic acid groups (broad SMARTS) is 1. The molecule has 0 aliphatic heterocycles. The van der Waals surface area contributed by atoms with Gasteiger partial charge in [0.15, 0.2) is 0 Å². The third-order valence-electron chi connectivity index (χ3n) is 3.43. The van der Waals surface area contributed by atoms with E-state index in [9.17, 15) is 27.5 Å². The Hall–Kier alpha value is -3.43. The van der Waals surface area contributed by atoms with Crippen molar-refractivity contribution >= 4 is 5.97 Å². The van der Waals surface area contributed by atoms with Gasteiger partial charge in [0, 0.05) is 0 Å². The molecule has 0 aliphatic rings. The summed E-state index contributed by atoms with van der Waals surface area (Å²) in [4.78, 5) is 14.8. The standard InChI is InChI=1S/C16H8F4N2O4/c17-11-3-2-8(16(18,19)20)6-9(11)14-21-13(22-26-14)10-5-7(15(24)25)1-4-12(10)23/h1-6,23H,(H,24,25). The molecule has 0 radical (unpaired) electrons. The van der Waals surface area contributed by atoms with Crippen molar-refractivity contribution in [3.63, 3.8) is 0 Å². The predicted octanol–water partition coefficient (Wildman–Crippen LogP) is 3.97. The van der Waals surface area contributed by atoms with E-state index >= 15 is 0 Å². The molecule has 2 N–H and O–H groups in total. The number of halogens is 4. The zero-order valence-corrected chi connectivity index (χ0v) is 12.6. The molecule has 3 rings (SSSR count). The van der Waals surface area contributed by atoms with Crippen molar-refractivity contribution in [2.45, 2.75) is 6.18 Å². The van der Waals surface area contributed by atoms with E-state index in [0.717, 1.165) is 18.2 Å². The first-order chi connectivity index (χ1) is 12.2. The first-order valence-electron chi connectivity index (χ1n) is 6.94. The number of aromatic nitrogens is 2. The van der Waals surface area contributed by atoms with E-state index in [1.165, 1.54) is 0 Å². The van der Waals surface area contributed by atoms with Gasteiger partial charge in [0.25, 0.3) is 5.89 Å². The summed E-state index contributed by atoms with van der Waals surface area (Å²) in [6, 6.07) is 4.96. The van der Waals surface area contributed by atoms with Crippen LogP contribution in [0.25, 0.3) is 22.8 Å². The summed E-state index contributed by atoms with van der Waals surface area (Å²) in [6.07, 6.45) is -4.70. The molecule has 0 bridgehead atoms.